The van der Waals surface area contributed by atoms with Gasteiger partial charge in [0.15, 0.2) is 0 Å². The Morgan fingerprint density at radius 3 is 2.86 bits per heavy atom. The number of amides is 1. The Kier molecular flexibility index (Phi) is 5.04. The Morgan fingerprint density at radius 1 is 1.52 bits per heavy atom. The molecule has 1 aliphatic carbocycles. The Bertz CT molecular complexity index is 538. The Balaban J connectivity index is 2.13. The van der Waals surface area contributed by atoms with Crippen LogP contribution in [0.25, 0.3) is 0 Å². The maximum Gasteiger partial charge on any atom is 0.308 e. The van der Waals surface area contributed by atoms with Crippen molar-refractivity contribution in [1.29, 1.82) is 0 Å². The van der Waals surface area contributed by atoms with Gasteiger partial charge in [-0.3, -0.25) is 9.59 Å². The maximum atomic E-state index is 12.6. The normalized spacial score (nSPS) is 18.9. The largest absolute Gasteiger partial charge is 0.481 e. The summed E-state index contributed by atoms with van der Waals surface area (Å²) in [5, 5.41) is 9.01. The molecule has 1 aliphatic rings. The highest BCUT2D eigenvalue weighted by Crippen LogP contribution is 2.32. The van der Waals surface area contributed by atoms with Gasteiger partial charge in [0.2, 0.25) is 0 Å². The molecule has 0 saturated heterocycles. The molecule has 21 heavy (non-hydrogen) atoms. The summed E-state index contributed by atoms with van der Waals surface area (Å²) in [5.41, 5.74) is 1.31. The topological polar surface area (TPSA) is 57.6 Å². The predicted molar refractivity (Wildman–Crippen MR) is 83.9 cm³/mol. The molecule has 0 radical (unpaired) electrons. The standard InChI is InChI=1S/C16H23NO3S/c1-4-17(9-11(3)16(19)20)15(18)14-8-12-7-10(2)5-6-13(12)21-14/h8,10-11H,4-7,9H2,1-3H3,(H,19,20). The lowest BCUT2D eigenvalue weighted by molar-refractivity contribution is -0.141. The van der Waals surface area contributed by atoms with Gasteiger partial charge in [-0.2, -0.15) is 0 Å². The van der Waals surface area contributed by atoms with Crippen molar-refractivity contribution in [2.75, 3.05) is 13.1 Å². The second kappa shape index (κ2) is 6.60. The van der Waals surface area contributed by atoms with Crippen LogP contribution in [0.2, 0.25) is 0 Å². The fraction of sp³-hybridized carbons (Fsp3) is 0.625. The van der Waals surface area contributed by atoms with Crippen LogP contribution in [0.1, 0.15) is 47.3 Å². The highest BCUT2D eigenvalue weighted by molar-refractivity contribution is 7.14. The van der Waals surface area contributed by atoms with E-state index in [1.807, 2.05) is 13.0 Å². The van der Waals surface area contributed by atoms with Crippen LogP contribution in [0.5, 0.6) is 0 Å². The molecule has 1 heterocycles. The lowest BCUT2D eigenvalue weighted by Crippen LogP contribution is -2.36. The molecule has 0 saturated carbocycles. The molecule has 0 aliphatic heterocycles. The quantitative estimate of drug-likeness (QED) is 0.909. The molecule has 0 aromatic carbocycles. The van der Waals surface area contributed by atoms with Gasteiger partial charge >= 0.3 is 5.97 Å². The molecule has 0 bridgehead atoms. The van der Waals surface area contributed by atoms with E-state index in [0.29, 0.717) is 12.5 Å². The van der Waals surface area contributed by atoms with Gasteiger partial charge in [0.05, 0.1) is 10.8 Å². The van der Waals surface area contributed by atoms with Crippen LogP contribution in [0.3, 0.4) is 0 Å². The van der Waals surface area contributed by atoms with Gasteiger partial charge < -0.3 is 10.0 Å². The number of aliphatic carboxylic acids is 1. The van der Waals surface area contributed by atoms with Crippen molar-refractivity contribution in [1.82, 2.24) is 4.90 Å². The number of hydrogen-bond donors (Lipinski definition) is 1. The molecule has 4 nitrogen and oxygen atoms in total. The summed E-state index contributed by atoms with van der Waals surface area (Å²) >= 11 is 1.59. The molecule has 1 aromatic heterocycles. The first kappa shape index (κ1) is 16.0. The molecule has 1 N–H and O–H groups in total. The minimum absolute atomic E-state index is 0.0300. The third-order valence-corrected chi connectivity index (χ3v) is 5.35. The first-order valence-corrected chi connectivity index (χ1v) is 8.37. The van der Waals surface area contributed by atoms with Crippen LogP contribution < -0.4 is 0 Å². The first-order valence-electron chi connectivity index (χ1n) is 7.56. The van der Waals surface area contributed by atoms with Crippen molar-refractivity contribution in [3.05, 3.63) is 21.4 Å². The van der Waals surface area contributed by atoms with Crippen LogP contribution in [0.4, 0.5) is 0 Å². The van der Waals surface area contributed by atoms with E-state index in [1.54, 1.807) is 23.2 Å². The molecular weight excluding hydrogens is 286 g/mol. The summed E-state index contributed by atoms with van der Waals surface area (Å²) in [4.78, 5) is 27.3. The zero-order valence-corrected chi connectivity index (χ0v) is 13.7. The number of carboxylic acids is 1. The zero-order valence-electron chi connectivity index (χ0n) is 12.9. The number of rotatable bonds is 5. The maximum absolute atomic E-state index is 12.6. The number of carbonyl (C=O) groups excluding carboxylic acids is 1. The molecule has 2 unspecified atom stereocenters. The van der Waals surface area contributed by atoms with Gasteiger partial charge in [-0.25, -0.2) is 0 Å². The van der Waals surface area contributed by atoms with Crippen LogP contribution in [-0.2, 0) is 17.6 Å². The SMILES string of the molecule is CCN(CC(C)C(=O)O)C(=O)c1cc2c(s1)CCC(C)C2. The second-order valence-corrected chi connectivity index (χ2v) is 7.13. The summed E-state index contributed by atoms with van der Waals surface area (Å²) in [7, 11) is 0. The summed E-state index contributed by atoms with van der Waals surface area (Å²) < 4.78 is 0. The minimum atomic E-state index is -0.861. The molecule has 0 fully saturated rings. The van der Waals surface area contributed by atoms with Crippen molar-refractivity contribution < 1.29 is 14.7 Å². The molecule has 2 rings (SSSR count). The summed E-state index contributed by atoms with van der Waals surface area (Å²) in [6.07, 6.45) is 3.30. The van der Waals surface area contributed by atoms with E-state index in [2.05, 4.69) is 6.92 Å². The van der Waals surface area contributed by atoms with Crippen molar-refractivity contribution in [3.8, 4) is 0 Å². The van der Waals surface area contributed by atoms with E-state index in [9.17, 15) is 9.59 Å². The molecule has 1 aromatic rings. The zero-order chi connectivity index (χ0) is 15.6. The highest BCUT2D eigenvalue weighted by atomic mass is 32.1. The van der Waals surface area contributed by atoms with Crippen LogP contribution in [-0.4, -0.2) is 35.0 Å². The predicted octanol–water partition coefficient (Wildman–Crippen LogP) is 3.06. The average Bonchev–Trinajstić information content (AvgIpc) is 2.86. The number of aryl methyl sites for hydroxylation is 1. The van der Waals surface area contributed by atoms with E-state index >= 15 is 0 Å². The minimum Gasteiger partial charge on any atom is -0.481 e. The Morgan fingerprint density at radius 2 is 2.24 bits per heavy atom. The van der Waals surface area contributed by atoms with Gasteiger partial charge in [-0.15, -0.1) is 11.3 Å². The number of carbonyl (C=O) groups is 2. The number of thiophene rings is 1. The van der Waals surface area contributed by atoms with Crippen molar-refractivity contribution in [2.24, 2.45) is 11.8 Å². The van der Waals surface area contributed by atoms with Gasteiger partial charge in [-0.1, -0.05) is 13.8 Å². The fourth-order valence-electron chi connectivity index (χ4n) is 2.73. The molecule has 2 atom stereocenters. The molecule has 5 heteroatoms. The lowest BCUT2D eigenvalue weighted by atomic mass is 9.90. The van der Waals surface area contributed by atoms with Crippen LogP contribution in [0, 0.1) is 11.8 Å². The van der Waals surface area contributed by atoms with E-state index < -0.39 is 11.9 Å². The number of nitrogens with zero attached hydrogens (tertiary/aromatic N) is 1. The average molecular weight is 309 g/mol. The summed E-state index contributed by atoms with van der Waals surface area (Å²) in [6.45, 7) is 6.58. The number of carboxylic acid groups (broad SMARTS) is 1. The molecule has 0 spiro atoms. The Labute approximate surface area is 129 Å². The third-order valence-electron chi connectivity index (χ3n) is 4.12. The summed E-state index contributed by atoms with van der Waals surface area (Å²) in [5.74, 6) is -0.744. The number of fused-ring (bicyclic) bond motifs is 1. The fourth-order valence-corrected chi connectivity index (χ4v) is 3.91. The van der Waals surface area contributed by atoms with Crippen molar-refractivity contribution in [2.45, 2.75) is 40.0 Å². The van der Waals surface area contributed by atoms with E-state index in [0.717, 1.165) is 17.7 Å². The van der Waals surface area contributed by atoms with Crippen LogP contribution in [0.15, 0.2) is 6.07 Å². The first-order chi connectivity index (χ1) is 9.92. The van der Waals surface area contributed by atoms with E-state index in [-0.39, 0.29) is 12.5 Å². The molecule has 116 valence electrons. The van der Waals surface area contributed by atoms with E-state index in [4.69, 9.17) is 5.11 Å². The molecule has 1 amide bonds. The van der Waals surface area contributed by atoms with Crippen LogP contribution >= 0.6 is 11.3 Å². The van der Waals surface area contributed by atoms with E-state index in [1.165, 1.54) is 16.9 Å². The second-order valence-electron chi connectivity index (χ2n) is 5.99. The van der Waals surface area contributed by atoms with Gasteiger partial charge in [0, 0.05) is 18.0 Å². The summed E-state index contributed by atoms with van der Waals surface area (Å²) in [6, 6.07) is 2.02. The molecular formula is C16H23NO3S. The van der Waals surface area contributed by atoms with Gasteiger partial charge in [0.25, 0.3) is 5.91 Å². The lowest BCUT2D eigenvalue weighted by Gasteiger charge is -2.22. The monoisotopic (exact) mass is 309 g/mol. The third kappa shape index (κ3) is 3.64. The number of hydrogen-bond acceptors (Lipinski definition) is 3. The van der Waals surface area contributed by atoms with Gasteiger partial charge in [-0.05, 0) is 43.7 Å². The van der Waals surface area contributed by atoms with Crippen molar-refractivity contribution >= 4 is 23.2 Å². The van der Waals surface area contributed by atoms with Crippen molar-refractivity contribution in [3.63, 3.8) is 0 Å². The highest BCUT2D eigenvalue weighted by Gasteiger charge is 2.25. The van der Waals surface area contributed by atoms with Gasteiger partial charge in [0.1, 0.15) is 0 Å². The Hall–Kier alpha value is -1.36. The smallest absolute Gasteiger partial charge is 0.308 e.